The van der Waals surface area contributed by atoms with Crippen LogP contribution in [0.15, 0.2) is 48.5 Å². The van der Waals surface area contributed by atoms with Crippen molar-refractivity contribution in [1.82, 2.24) is 5.32 Å². The lowest BCUT2D eigenvalue weighted by molar-refractivity contribution is -0.120. The highest BCUT2D eigenvalue weighted by Gasteiger charge is 2.08. The molecule has 110 valence electrons. The number of nitrogens with one attached hydrogen (secondary N) is 1. The number of nitrogens with two attached hydrogens (primary N) is 1. The Labute approximate surface area is 124 Å². The number of methoxy groups -OCH3 is 1. The monoisotopic (exact) mass is 284 g/mol. The zero-order valence-electron chi connectivity index (χ0n) is 12.1. The second-order valence-electron chi connectivity index (χ2n) is 4.74. The molecule has 0 aromatic heterocycles. The third-order valence-corrected chi connectivity index (χ3v) is 3.36. The lowest BCUT2D eigenvalue weighted by Gasteiger charge is -2.11. The minimum atomic E-state index is -0.0358. The van der Waals surface area contributed by atoms with Crippen LogP contribution in [0.2, 0.25) is 0 Å². The summed E-state index contributed by atoms with van der Waals surface area (Å²) in [4.78, 5) is 12.1. The average Bonchev–Trinajstić information content (AvgIpc) is 2.53. The molecule has 2 aromatic carbocycles. The molecule has 0 aliphatic rings. The van der Waals surface area contributed by atoms with Gasteiger partial charge in [0.15, 0.2) is 0 Å². The van der Waals surface area contributed by atoms with Crippen LogP contribution in [0.3, 0.4) is 0 Å². The molecular weight excluding hydrogens is 264 g/mol. The Bertz CT molecular complexity index is 611. The molecule has 0 saturated heterocycles. The lowest BCUT2D eigenvalue weighted by Crippen LogP contribution is -2.25. The summed E-state index contributed by atoms with van der Waals surface area (Å²) in [5.74, 6) is 0.696. The minimum absolute atomic E-state index is 0.0358. The van der Waals surface area contributed by atoms with Crippen molar-refractivity contribution in [2.75, 3.05) is 7.11 Å². The Kier molecular flexibility index (Phi) is 5.35. The highest BCUT2D eigenvalue weighted by Crippen LogP contribution is 2.17. The van der Waals surface area contributed by atoms with Crippen molar-refractivity contribution in [3.8, 4) is 5.75 Å². The first-order valence-corrected chi connectivity index (χ1v) is 6.90. The van der Waals surface area contributed by atoms with Gasteiger partial charge in [0.1, 0.15) is 5.75 Å². The van der Waals surface area contributed by atoms with Crippen LogP contribution in [0.25, 0.3) is 0 Å². The molecule has 2 aromatic rings. The predicted molar refractivity (Wildman–Crippen MR) is 82.9 cm³/mol. The first kappa shape index (κ1) is 15.1. The summed E-state index contributed by atoms with van der Waals surface area (Å²) in [7, 11) is 1.61. The van der Waals surface area contributed by atoms with Crippen LogP contribution in [0, 0.1) is 0 Å². The molecule has 0 atom stereocenters. The molecule has 1 amide bonds. The third-order valence-electron chi connectivity index (χ3n) is 3.36. The van der Waals surface area contributed by atoms with Crippen molar-refractivity contribution in [2.45, 2.75) is 19.5 Å². The van der Waals surface area contributed by atoms with Gasteiger partial charge in [-0.15, -0.1) is 0 Å². The van der Waals surface area contributed by atoms with Crippen molar-refractivity contribution in [2.24, 2.45) is 5.73 Å². The van der Waals surface area contributed by atoms with E-state index in [2.05, 4.69) is 5.32 Å². The van der Waals surface area contributed by atoms with Gasteiger partial charge in [-0.25, -0.2) is 0 Å². The average molecular weight is 284 g/mol. The van der Waals surface area contributed by atoms with Crippen LogP contribution in [-0.4, -0.2) is 13.0 Å². The van der Waals surface area contributed by atoms with Crippen LogP contribution in [-0.2, 0) is 24.3 Å². The number of hydrogen-bond acceptors (Lipinski definition) is 3. The van der Waals surface area contributed by atoms with Crippen molar-refractivity contribution in [1.29, 1.82) is 0 Å². The summed E-state index contributed by atoms with van der Waals surface area (Å²) in [6.45, 7) is 0.958. The molecule has 4 nitrogen and oxygen atoms in total. The number of hydrogen-bond donors (Lipinski definition) is 2. The summed E-state index contributed by atoms with van der Waals surface area (Å²) >= 11 is 0. The lowest BCUT2D eigenvalue weighted by atomic mass is 10.1. The maximum Gasteiger partial charge on any atom is 0.224 e. The van der Waals surface area contributed by atoms with Gasteiger partial charge < -0.3 is 15.8 Å². The van der Waals surface area contributed by atoms with Crippen LogP contribution >= 0.6 is 0 Å². The van der Waals surface area contributed by atoms with E-state index in [0.29, 0.717) is 19.5 Å². The van der Waals surface area contributed by atoms with E-state index in [0.717, 1.165) is 22.4 Å². The fourth-order valence-corrected chi connectivity index (χ4v) is 2.21. The number of carbonyl (C=O) groups is 1. The largest absolute Gasteiger partial charge is 0.496 e. The molecule has 0 unspecified atom stereocenters. The van der Waals surface area contributed by atoms with Gasteiger partial charge in [0.25, 0.3) is 0 Å². The van der Waals surface area contributed by atoms with Gasteiger partial charge >= 0.3 is 0 Å². The smallest absolute Gasteiger partial charge is 0.224 e. The van der Waals surface area contributed by atoms with Crippen molar-refractivity contribution in [3.63, 3.8) is 0 Å². The van der Waals surface area contributed by atoms with Gasteiger partial charge in [-0.05, 0) is 17.2 Å². The Morgan fingerprint density at radius 3 is 2.33 bits per heavy atom. The van der Waals surface area contributed by atoms with Crippen LogP contribution in [0.4, 0.5) is 0 Å². The molecule has 0 fully saturated rings. The molecule has 3 N–H and O–H groups in total. The molecular formula is C17H20N2O2. The quantitative estimate of drug-likeness (QED) is 0.853. The fourth-order valence-electron chi connectivity index (χ4n) is 2.21. The zero-order chi connectivity index (χ0) is 15.1. The minimum Gasteiger partial charge on any atom is -0.496 e. The van der Waals surface area contributed by atoms with E-state index >= 15 is 0 Å². The summed E-state index contributed by atoms with van der Waals surface area (Å²) in [6.07, 6.45) is 0.300. The molecule has 0 spiro atoms. The summed E-state index contributed by atoms with van der Waals surface area (Å²) < 4.78 is 5.25. The van der Waals surface area contributed by atoms with Gasteiger partial charge in [0.2, 0.25) is 5.91 Å². The van der Waals surface area contributed by atoms with E-state index in [4.69, 9.17) is 10.5 Å². The summed E-state index contributed by atoms with van der Waals surface area (Å²) in [5.41, 5.74) is 8.67. The van der Waals surface area contributed by atoms with Crippen LogP contribution in [0.1, 0.15) is 16.7 Å². The van der Waals surface area contributed by atoms with Gasteiger partial charge in [-0.1, -0.05) is 42.5 Å². The van der Waals surface area contributed by atoms with E-state index in [1.54, 1.807) is 7.11 Å². The number of amides is 1. The molecule has 2 rings (SSSR count). The second kappa shape index (κ2) is 7.45. The summed E-state index contributed by atoms with van der Waals surface area (Å²) in [6, 6.07) is 15.4. The SMILES string of the molecule is COc1ccccc1CC(=O)NCc1ccccc1CN. The normalized spacial score (nSPS) is 10.2. The maximum atomic E-state index is 12.1. The second-order valence-corrected chi connectivity index (χ2v) is 4.74. The topological polar surface area (TPSA) is 64.3 Å². The Morgan fingerprint density at radius 1 is 1.05 bits per heavy atom. The molecule has 21 heavy (non-hydrogen) atoms. The van der Waals surface area contributed by atoms with Crippen LogP contribution in [0.5, 0.6) is 5.75 Å². The van der Waals surface area contributed by atoms with Gasteiger partial charge in [0, 0.05) is 18.7 Å². The van der Waals surface area contributed by atoms with Crippen LogP contribution < -0.4 is 15.8 Å². The highest BCUT2D eigenvalue weighted by atomic mass is 16.5. The van der Waals surface area contributed by atoms with E-state index in [1.807, 2.05) is 48.5 Å². The Hall–Kier alpha value is -2.33. The van der Waals surface area contributed by atoms with E-state index in [1.165, 1.54) is 0 Å². The molecule has 0 aliphatic heterocycles. The van der Waals surface area contributed by atoms with Gasteiger partial charge in [0.05, 0.1) is 13.5 Å². The number of para-hydroxylation sites is 1. The molecule has 0 bridgehead atoms. The number of ether oxygens (including phenoxy) is 1. The van der Waals surface area contributed by atoms with Gasteiger partial charge in [-0.2, -0.15) is 0 Å². The Balaban J connectivity index is 1.96. The molecule has 0 saturated carbocycles. The van der Waals surface area contributed by atoms with E-state index < -0.39 is 0 Å². The van der Waals surface area contributed by atoms with Crippen molar-refractivity contribution >= 4 is 5.91 Å². The maximum absolute atomic E-state index is 12.1. The van der Waals surface area contributed by atoms with Crippen molar-refractivity contribution < 1.29 is 9.53 Å². The zero-order valence-corrected chi connectivity index (χ0v) is 12.1. The molecule has 0 heterocycles. The molecule has 0 radical (unpaired) electrons. The van der Waals surface area contributed by atoms with Gasteiger partial charge in [-0.3, -0.25) is 4.79 Å². The predicted octanol–water partition coefficient (Wildman–Crippen LogP) is 2.01. The number of rotatable bonds is 6. The fraction of sp³-hybridized carbons (Fsp3) is 0.235. The standard InChI is InChI=1S/C17H20N2O2/c1-21-16-9-5-4-6-13(16)10-17(20)19-12-15-8-3-2-7-14(15)11-18/h2-9H,10-12,18H2,1H3,(H,19,20). The number of carbonyl (C=O) groups excluding carboxylic acids is 1. The highest BCUT2D eigenvalue weighted by molar-refractivity contribution is 5.79. The third kappa shape index (κ3) is 4.07. The van der Waals surface area contributed by atoms with E-state index in [9.17, 15) is 4.79 Å². The van der Waals surface area contributed by atoms with Crippen molar-refractivity contribution in [3.05, 3.63) is 65.2 Å². The Morgan fingerprint density at radius 2 is 1.67 bits per heavy atom. The summed E-state index contributed by atoms with van der Waals surface area (Å²) in [5, 5.41) is 2.92. The molecule has 4 heteroatoms. The molecule has 0 aliphatic carbocycles. The first-order valence-electron chi connectivity index (χ1n) is 6.90. The number of benzene rings is 2. The van der Waals surface area contributed by atoms with E-state index in [-0.39, 0.29) is 5.91 Å². The first-order chi connectivity index (χ1) is 10.2.